The number of aromatic nitrogens is 1. The molecule has 3 aliphatic rings. The summed E-state index contributed by atoms with van der Waals surface area (Å²) >= 11 is 0. The molecule has 1 aromatic heterocycles. The predicted molar refractivity (Wildman–Crippen MR) is 232 cm³/mol. The number of ether oxygens (including phenoxy) is 1. The van der Waals surface area contributed by atoms with E-state index < -0.39 is 0 Å². The first-order valence-corrected chi connectivity index (χ1v) is 19.6. The maximum Gasteiger partial charge on any atom is 0.256 e. The van der Waals surface area contributed by atoms with Crippen LogP contribution in [0.1, 0.15) is 39.8 Å². The zero-order valence-corrected chi connectivity index (χ0v) is 32.1. The molecule has 11 rings (SSSR count). The summed E-state index contributed by atoms with van der Waals surface area (Å²) in [6, 6.07) is 47.8. The molecule has 0 saturated heterocycles. The van der Waals surface area contributed by atoms with Crippen LogP contribution in [-0.4, -0.2) is 11.3 Å². The van der Waals surface area contributed by atoms with Gasteiger partial charge in [-0.25, -0.2) is 0 Å². The Morgan fingerprint density at radius 3 is 1.95 bits per heavy atom. The number of benzene rings is 7. The van der Waals surface area contributed by atoms with Gasteiger partial charge < -0.3 is 19.1 Å². The molecule has 0 spiro atoms. The molecule has 7 aromatic carbocycles. The standard InChI is InChI=1S/C50H42BN3O/c1-30-9-17-35(18-10-30)53(36-19-11-31(2)12-20-36)38-26-46-49-48(27-38)55-47-28-41-40-23-16-34-7-6-8-39(34)50(40)52(5)45(41)29-43(47)51(49)42-25-33(4)15-24-44(42)54(46)37-21-13-32(3)14-22-37/h9-29H,6-8H2,1-5H3. The smallest absolute Gasteiger partial charge is 0.256 e. The van der Waals surface area contributed by atoms with Gasteiger partial charge in [0.1, 0.15) is 11.5 Å². The molecule has 0 bridgehead atoms. The summed E-state index contributed by atoms with van der Waals surface area (Å²) in [6.45, 7) is 8.66. The number of rotatable bonds is 4. The average molecular weight is 712 g/mol. The van der Waals surface area contributed by atoms with E-state index in [2.05, 4.69) is 177 Å². The van der Waals surface area contributed by atoms with Crippen molar-refractivity contribution in [3.8, 4) is 11.5 Å². The Morgan fingerprint density at radius 2 is 1.24 bits per heavy atom. The average Bonchev–Trinajstić information content (AvgIpc) is 3.78. The summed E-state index contributed by atoms with van der Waals surface area (Å²) in [5, 5.41) is 2.58. The molecule has 4 nitrogen and oxygen atoms in total. The minimum atomic E-state index is -0.000254. The molecule has 0 atom stereocenters. The topological polar surface area (TPSA) is 20.6 Å². The predicted octanol–water partition coefficient (Wildman–Crippen LogP) is 10.9. The minimum absolute atomic E-state index is 0.000254. The third-order valence-corrected chi connectivity index (χ3v) is 12.4. The fourth-order valence-corrected chi connectivity index (χ4v) is 9.69. The van der Waals surface area contributed by atoms with Gasteiger partial charge in [-0.15, -0.1) is 0 Å². The normalized spacial score (nSPS) is 13.8. The van der Waals surface area contributed by atoms with Gasteiger partial charge in [0.25, 0.3) is 6.71 Å². The largest absolute Gasteiger partial charge is 0.458 e. The summed E-state index contributed by atoms with van der Waals surface area (Å²) in [7, 11) is 2.26. The lowest BCUT2D eigenvalue weighted by atomic mass is 9.34. The van der Waals surface area contributed by atoms with E-state index in [0.717, 1.165) is 46.4 Å². The van der Waals surface area contributed by atoms with Crippen LogP contribution >= 0.6 is 0 Å². The van der Waals surface area contributed by atoms with Crippen LogP contribution < -0.4 is 30.9 Å². The van der Waals surface area contributed by atoms with E-state index in [1.807, 2.05) is 0 Å². The monoisotopic (exact) mass is 711 g/mol. The Balaban J connectivity index is 1.21. The van der Waals surface area contributed by atoms with E-state index in [0.29, 0.717) is 0 Å². The van der Waals surface area contributed by atoms with Crippen molar-refractivity contribution in [2.24, 2.45) is 7.05 Å². The number of hydrogen-bond acceptors (Lipinski definition) is 3. The molecule has 0 unspecified atom stereocenters. The van der Waals surface area contributed by atoms with E-state index in [1.165, 1.54) is 90.1 Å². The number of anilines is 6. The first kappa shape index (κ1) is 32.3. The van der Waals surface area contributed by atoms with Crippen LogP contribution in [-0.2, 0) is 19.9 Å². The Labute approximate surface area is 323 Å². The highest BCUT2D eigenvalue weighted by molar-refractivity contribution is 6.99. The van der Waals surface area contributed by atoms with Crippen molar-refractivity contribution in [1.29, 1.82) is 0 Å². The molecule has 266 valence electrons. The Morgan fingerprint density at radius 1 is 0.564 bits per heavy atom. The van der Waals surface area contributed by atoms with Gasteiger partial charge in [0.05, 0.1) is 11.2 Å². The van der Waals surface area contributed by atoms with E-state index >= 15 is 0 Å². The van der Waals surface area contributed by atoms with Crippen LogP contribution in [0.4, 0.5) is 34.1 Å². The van der Waals surface area contributed by atoms with E-state index in [1.54, 1.807) is 0 Å². The third kappa shape index (κ3) is 4.85. The van der Waals surface area contributed by atoms with Gasteiger partial charge in [-0.05, 0) is 135 Å². The number of aryl methyl sites for hydroxylation is 7. The van der Waals surface area contributed by atoms with Crippen molar-refractivity contribution in [2.45, 2.75) is 47.0 Å². The van der Waals surface area contributed by atoms with Crippen LogP contribution in [0, 0.1) is 27.7 Å². The highest BCUT2D eigenvalue weighted by atomic mass is 16.5. The summed E-state index contributed by atoms with van der Waals surface area (Å²) in [5.74, 6) is 1.84. The molecule has 0 radical (unpaired) electrons. The zero-order chi connectivity index (χ0) is 37.1. The van der Waals surface area contributed by atoms with E-state index in [-0.39, 0.29) is 6.71 Å². The molecule has 55 heavy (non-hydrogen) atoms. The van der Waals surface area contributed by atoms with Crippen LogP contribution in [0.2, 0.25) is 0 Å². The molecule has 8 aromatic rings. The van der Waals surface area contributed by atoms with E-state index in [4.69, 9.17) is 4.74 Å². The zero-order valence-electron chi connectivity index (χ0n) is 32.1. The number of fused-ring (bicyclic) bond motifs is 9. The van der Waals surface area contributed by atoms with Crippen molar-refractivity contribution in [3.63, 3.8) is 0 Å². The highest BCUT2D eigenvalue weighted by Gasteiger charge is 2.43. The summed E-state index contributed by atoms with van der Waals surface area (Å²) in [4.78, 5) is 4.83. The lowest BCUT2D eigenvalue weighted by Crippen LogP contribution is -2.59. The molecule has 0 fully saturated rings. The van der Waals surface area contributed by atoms with Crippen molar-refractivity contribution >= 4 is 79.0 Å². The Hall–Kier alpha value is -6.20. The summed E-state index contributed by atoms with van der Waals surface area (Å²) < 4.78 is 9.72. The summed E-state index contributed by atoms with van der Waals surface area (Å²) in [6.07, 6.45) is 3.55. The van der Waals surface area contributed by atoms with Crippen LogP contribution in [0.5, 0.6) is 11.5 Å². The lowest BCUT2D eigenvalue weighted by molar-refractivity contribution is 0.488. The molecule has 5 heteroatoms. The fraction of sp³-hybridized carbons (Fsp3) is 0.160. The van der Waals surface area contributed by atoms with Crippen molar-refractivity contribution in [3.05, 3.63) is 161 Å². The Bertz CT molecular complexity index is 2820. The van der Waals surface area contributed by atoms with E-state index in [9.17, 15) is 0 Å². The van der Waals surface area contributed by atoms with Gasteiger partial charge >= 0.3 is 0 Å². The third-order valence-electron chi connectivity index (χ3n) is 12.4. The van der Waals surface area contributed by atoms with Gasteiger partial charge in [-0.3, -0.25) is 0 Å². The van der Waals surface area contributed by atoms with Gasteiger partial charge in [-0.1, -0.05) is 82.9 Å². The molecular weight excluding hydrogens is 669 g/mol. The second-order valence-electron chi connectivity index (χ2n) is 16.1. The quantitative estimate of drug-likeness (QED) is 0.170. The van der Waals surface area contributed by atoms with Gasteiger partial charge in [0, 0.05) is 57.8 Å². The van der Waals surface area contributed by atoms with Gasteiger partial charge in [0.2, 0.25) is 0 Å². The number of nitrogens with zero attached hydrogens (tertiary/aromatic N) is 3. The molecule has 0 N–H and O–H groups in total. The number of hydrogen-bond donors (Lipinski definition) is 0. The van der Waals surface area contributed by atoms with Gasteiger partial charge in [0.15, 0.2) is 0 Å². The van der Waals surface area contributed by atoms with Crippen molar-refractivity contribution in [2.75, 3.05) is 9.80 Å². The van der Waals surface area contributed by atoms with Crippen molar-refractivity contribution < 1.29 is 4.74 Å². The van der Waals surface area contributed by atoms with Crippen molar-refractivity contribution in [1.82, 2.24) is 4.57 Å². The molecule has 0 saturated carbocycles. The second-order valence-corrected chi connectivity index (χ2v) is 16.1. The molecular formula is C50H42BN3O. The van der Waals surface area contributed by atoms with Crippen LogP contribution in [0.3, 0.4) is 0 Å². The highest BCUT2D eigenvalue weighted by Crippen LogP contribution is 2.47. The molecule has 2 aliphatic heterocycles. The lowest BCUT2D eigenvalue weighted by Gasteiger charge is -2.41. The van der Waals surface area contributed by atoms with Gasteiger partial charge in [-0.2, -0.15) is 0 Å². The maximum atomic E-state index is 7.27. The molecule has 0 amide bonds. The SMILES string of the molecule is Cc1ccc(N(c2ccc(C)cc2)c2cc3c4c(c2)N(c2ccc(C)cc2)c2ccc(C)cc2B4c2cc4c(cc2O3)c2ccc3c(c2n4C)CCC3)cc1. The second kappa shape index (κ2) is 11.9. The minimum Gasteiger partial charge on any atom is -0.458 e. The molecule has 3 heterocycles. The van der Waals surface area contributed by atoms with Crippen LogP contribution in [0.25, 0.3) is 21.8 Å². The van der Waals surface area contributed by atoms with Crippen LogP contribution in [0.15, 0.2) is 127 Å². The first-order chi connectivity index (χ1) is 26.8. The Kier molecular flexibility index (Phi) is 6.98. The summed E-state index contributed by atoms with van der Waals surface area (Å²) in [5.41, 5.74) is 21.1. The fourth-order valence-electron chi connectivity index (χ4n) is 9.69. The maximum absolute atomic E-state index is 7.27. The molecule has 1 aliphatic carbocycles. The first-order valence-electron chi connectivity index (χ1n) is 19.6.